The summed E-state index contributed by atoms with van der Waals surface area (Å²) in [6, 6.07) is 1.15. The first-order valence-electron chi connectivity index (χ1n) is 11.1. The van der Waals surface area contributed by atoms with Gasteiger partial charge in [0.2, 0.25) is 0 Å². The maximum Gasteiger partial charge on any atom is 0.298 e. The highest BCUT2D eigenvalue weighted by atomic mass is 32.2. The standard InChI is InChI=1S/C21H29N3O15S/c25-14-1-2-15(16(5-14)40(36,37)38)39-12-13(24(10-20(32)33)11-21(34)35)6-22(7-17(26)27)3-4-23(8-18(28)29)9-19(30)31/h1-2,5,13,25H,3-4,6-12H2,(H,26,27)(H,28,29)(H,30,31)(H,32,33)(H,34,35)(H,36,37,38)/p-5. The summed E-state index contributed by atoms with van der Waals surface area (Å²) >= 11 is 0. The summed E-state index contributed by atoms with van der Waals surface area (Å²) in [7, 11) is -4.95. The summed E-state index contributed by atoms with van der Waals surface area (Å²) in [5.41, 5.74) is 0. The number of benzene rings is 1. The summed E-state index contributed by atoms with van der Waals surface area (Å²) in [4.78, 5) is 57.4. The molecule has 0 amide bonds. The predicted octanol–water partition coefficient (Wildman–Crippen LogP) is -8.96. The fourth-order valence-corrected chi connectivity index (χ4v) is 4.15. The van der Waals surface area contributed by atoms with Crippen LogP contribution in [-0.2, 0) is 34.1 Å². The number of carbonyl (C=O) groups is 5. The number of carboxylic acids is 5. The van der Waals surface area contributed by atoms with Gasteiger partial charge in [-0.15, -0.1) is 0 Å². The van der Waals surface area contributed by atoms with Crippen molar-refractivity contribution in [1.82, 2.24) is 14.7 Å². The molecular weight excluding hydrogens is 566 g/mol. The Balaban J connectivity index is 3.34. The van der Waals surface area contributed by atoms with Crippen molar-refractivity contribution in [3.05, 3.63) is 18.2 Å². The third-order valence-corrected chi connectivity index (χ3v) is 5.95. The Bertz CT molecular complexity index is 1160. The summed E-state index contributed by atoms with van der Waals surface area (Å²) in [6.45, 7) is -6.80. The largest absolute Gasteiger partial charge is 0.549 e. The monoisotopic (exact) mass is 590 g/mol. The van der Waals surface area contributed by atoms with Crippen LogP contribution in [0.1, 0.15) is 0 Å². The van der Waals surface area contributed by atoms with Gasteiger partial charge in [0, 0.05) is 58.4 Å². The third kappa shape index (κ3) is 13.2. The zero-order valence-electron chi connectivity index (χ0n) is 20.6. The maximum absolute atomic E-state index is 11.7. The van der Waals surface area contributed by atoms with Gasteiger partial charge in [-0.2, -0.15) is 8.42 Å². The van der Waals surface area contributed by atoms with E-state index in [1.165, 1.54) is 0 Å². The molecule has 1 rings (SSSR count). The molecule has 224 valence electrons. The Morgan fingerprint density at radius 3 is 1.68 bits per heavy atom. The minimum atomic E-state index is -4.95. The number of aliphatic carboxylic acids is 5. The van der Waals surface area contributed by atoms with Crippen molar-refractivity contribution in [3.8, 4) is 11.5 Å². The number of carbonyl (C=O) groups excluding carboxylic acids is 5. The van der Waals surface area contributed by atoms with Gasteiger partial charge in [0.1, 0.15) is 23.0 Å². The van der Waals surface area contributed by atoms with Gasteiger partial charge in [-0.1, -0.05) is 0 Å². The van der Waals surface area contributed by atoms with Gasteiger partial charge < -0.3 is 59.3 Å². The Kier molecular flexibility index (Phi) is 13.2. The SMILES string of the molecule is O=C([O-])CN(CCN(CC(=O)[O-])CC(COc1ccc(O)cc1S(=O)(=O)O)N(CC(=O)[O-])CC(=O)[O-])CC(=O)[O-]. The van der Waals surface area contributed by atoms with Crippen LogP contribution in [0.4, 0.5) is 0 Å². The van der Waals surface area contributed by atoms with Crippen molar-refractivity contribution in [1.29, 1.82) is 0 Å². The second-order valence-electron chi connectivity index (χ2n) is 8.28. The molecule has 0 aromatic heterocycles. The minimum Gasteiger partial charge on any atom is -0.549 e. The topological polar surface area (TPSA) is 294 Å². The van der Waals surface area contributed by atoms with Crippen molar-refractivity contribution in [2.24, 2.45) is 0 Å². The zero-order chi connectivity index (χ0) is 30.6. The average molecular weight is 590 g/mol. The first kappa shape index (κ1) is 34.0. The molecule has 1 atom stereocenters. The molecule has 0 saturated heterocycles. The molecule has 0 bridgehead atoms. The lowest BCUT2D eigenvalue weighted by molar-refractivity contribution is -0.313. The fraction of sp³-hybridized carbons (Fsp3) is 0.476. The molecule has 40 heavy (non-hydrogen) atoms. The number of phenolic OH excluding ortho intramolecular Hbond substituents is 1. The van der Waals surface area contributed by atoms with Gasteiger partial charge in [0.25, 0.3) is 10.1 Å². The number of phenols is 1. The highest BCUT2D eigenvalue weighted by Crippen LogP contribution is 2.28. The minimum absolute atomic E-state index is 0.384. The van der Waals surface area contributed by atoms with Crippen molar-refractivity contribution in [2.75, 3.05) is 59.0 Å². The van der Waals surface area contributed by atoms with E-state index in [0.717, 1.165) is 26.8 Å². The highest BCUT2D eigenvalue weighted by Gasteiger charge is 2.25. The van der Waals surface area contributed by atoms with E-state index >= 15 is 0 Å². The van der Waals surface area contributed by atoms with E-state index in [4.69, 9.17) is 4.74 Å². The van der Waals surface area contributed by atoms with E-state index in [2.05, 4.69) is 0 Å². The van der Waals surface area contributed by atoms with Crippen LogP contribution in [0.2, 0.25) is 0 Å². The number of rotatable bonds is 20. The molecule has 1 aromatic rings. The summed E-state index contributed by atoms with van der Waals surface area (Å²) in [5, 5.41) is 65.3. The van der Waals surface area contributed by atoms with Gasteiger partial charge in [0.15, 0.2) is 0 Å². The lowest BCUT2D eigenvalue weighted by Crippen LogP contribution is -2.56. The van der Waals surface area contributed by atoms with Gasteiger partial charge >= 0.3 is 0 Å². The Morgan fingerprint density at radius 2 is 1.23 bits per heavy atom. The van der Waals surface area contributed by atoms with Gasteiger partial charge in [-0.05, 0) is 12.1 Å². The van der Waals surface area contributed by atoms with Gasteiger partial charge in [-0.3, -0.25) is 19.3 Å². The van der Waals surface area contributed by atoms with Crippen LogP contribution < -0.4 is 30.3 Å². The molecule has 0 aliphatic carbocycles. The number of nitrogens with zero attached hydrogens (tertiary/aromatic N) is 3. The predicted molar refractivity (Wildman–Crippen MR) is 117 cm³/mol. The van der Waals surface area contributed by atoms with Crippen LogP contribution in [0.25, 0.3) is 0 Å². The number of aromatic hydroxyl groups is 1. The molecule has 0 radical (unpaired) electrons. The zero-order valence-corrected chi connectivity index (χ0v) is 21.4. The van der Waals surface area contributed by atoms with Crippen LogP contribution in [0.15, 0.2) is 23.1 Å². The van der Waals surface area contributed by atoms with E-state index in [0.29, 0.717) is 6.07 Å². The smallest absolute Gasteiger partial charge is 0.298 e. The summed E-state index contributed by atoms with van der Waals surface area (Å²) in [5.74, 6) is -9.65. The molecule has 1 aromatic carbocycles. The number of hydrogen-bond donors (Lipinski definition) is 2. The summed E-state index contributed by atoms with van der Waals surface area (Å²) < 4.78 is 38.2. The van der Waals surface area contributed by atoms with Crippen molar-refractivity contribution in [3.63, 3.8) is 0 Å². The first-order valence-corrected chi connectivity index (χ1v) is 12.5. The molecule has 2 N–H and O–H groups in total. The molecule has 1 unspecified atom stereocenters. The first-order chi connectivity index (χ1) is 18.5. The number of carboxylic acid groups (broad SMARTS) is 5. The molecule has 0 saturated carbocycles. The normalized spacial score (nSPS) is 12.4. The van der Waals surface area contributed by atoms with E-state index in [-0.39, 0.29) is 6.54 Å². The van der Waals surface area contributed by atoms with Crippen LogP contribution in [0.3, 0.4) is 0 Å². The molecular formula is C21H24N3O15S-5. The number of ether oxygens (including phenoxy) is 1. The van der Waals surface area contributed by atoms with Crippen LogP contribution in [0.5, 0.6) is 11.5 Å². The van der Waals surface area contributed by atoms with E-state index < -0.39 is 115 Å². The second kappa shape index (κ2) is 15.5. The fourth-order valence-electron chi connectivity index (χ4n) is 3.50. The van der Waals surface area contributed by atoms with Gasteiger partial charge in [0.05, 0.1) is 35.9 Å². The Morgan fingerprint density at radius 1 is 0.775 bits per heavy atom. The maximum atomic E-state index is 11.7. The quantitative estimate of drug-likeness (QED) is 0.133. The highest BCUT2D eigenvalue weighted by molar-refractivity contribution is 7.86. The molecule has 0 aliphatic rings. The van der Waals surface area contributed by atoms with Crippen molar-refractivity contribution in [2.45, 2.75) is 10.9 Å². The van der Waals surface area contributed by atoms with Crippen LogP contribution in [0, 0.1) is 0 Å². The summed E-state index contributed by atoms with van der Waals surface area (Å²) in [6.07, 6.45) is 0. The second-order valence-corrected chi connectivity index (χ2v) is 9.67. The molecule has 0 heterocycles. The molecule has 19 heteroatoms. The van der Waals surface area contributed by atoms with Crippen LogP contribution >= 0.6 is 0 Å². The lowest BCUT2D eigenvalue weighted by Gasteiger charge is -2.37. The molecule has 0 fully saturated rings. The molecule has 0 spiro atoms. The number of hydrogen-bond acceptors (Lipinski definition) is 17. The third-order valence-electron chi connectivity index (χ3n) is 5.08. The van der Waals surface area contributed by atoms with Crippen molar-refractivity contribution >= 4 is 40.0 Å². The average Bonchev–Trinajstić information content (AvgIpc) is 2.77. The van der Waals surface area contributed by atoms with Gasteiger partial charge in [-0.25, -0.2) is 0 Å². The Labute approximate surface area is 227 Å². The Hall–Kier alpha value is -4.04. The molecule has 18 nitrogen and oxygen atoms in total. The van der Waals surface area contributed by atoms with Crippen LogP contribution in [-0.4, -0.2) is 128 Å². The molecule has 0 aliphatic heterocycles. The van der Waals surface area contributed by atoms with E-state index in [1.807, 2.05) is 0 Å². The lowest BCUT2D eigenvalue weighted by atomic mass is 10.2. The van der Waals surface area contributed by atoms with E-state index in [9.17, 15) is 67.6 Å². The van der Waals surface area contributed by atoms with E-state index in [1.54, 1.807) is 0 Å². The van der Waals surface area contributed by atoms with Crippen molar-refractivity contribution < 1.29 is 72.3 Å².